The second kappa shape index (κ2) is 6.51. The summed E-state index contributed by atoms with van der Waals surface area (Å²) in [5.41, 5.74) is 1.65. The Hall–Kier alpha value is -2.96. The number of carbonyl (C=O) groups excluding carboxylic acids is 1. The lowest BCUT2D eigenvalue weighted by Crippen LogP contribution is -2.42. The Bertz CT molecular complexity index is 838. The summed E-state index contributed by atoms with van der Waals surface area (Å²) in [5.74, 6) is 0.465. The van der Waals surface area contributed by atoms with Crippen LogP contribution in [0, 0.1) is 5.92 Å². The van der Waals surface area contributed by atoms with Crippen LogP contribution in [0.5, 0.6) is 0 Å². The fraction of sp³-hybridized carbons (Fsp3) is 0.333. The number of benzene rings is 1. The van der Waals surface area contributed by atoms with Crippen molar-refractivity contribution in [3.8, 4) is 0 Å². The van der Waals surface area contributed by atoms with Crippen molar-refractivity contribution in [1.82, 2.24) is 15.0 Å². The fourth-order valence-electron chi connectivity index (χ4n) is 3.15. The van der Waals surface area contributed by atoms with Crippen LogP contribution < -0.4 is 9.80 Å². The first-order valence-electron chi connectivity index (χ1n) is 8.37. The average Bonchev–Trinajstić information content (AvgIpc) is 3.12. The van der Waals surface area contributed by atoms with Gasteiger partial charge in [0.15, 0.2) is 5.58 Å². The molecule has 0 atom stereocenters. The molecule has 1 amide bonds. The summed E-state index contributed by atoms with van der Waals surface area (Å²) in [5, 5.41) is 0. The zero-order valence-corrected chi connectivity index (χ0v) is 14.0. The number of fused-ring (bicyclic) bond motifs is 1. The summed E-state index contributed by atoms with van der Waals surface area (Å²) in [6, 6.07) is 10.1. The fourth-order valence-corrected chi connectivity index (χ4v) is 3.15. The van der Waals surface area contributed by atoms with Crippen molar-refractivity contribution in [2.24, 2.45) is 5.92 Å². The van der Waals surface area contributed by atoms with Crippen molar-refractivity contribution >= 4 is 29.0 Å². The minimum Gasteiger partial charge on any atom is -0.423 e. The predicted molar refractivity (Wildman–Crippen MR) is 94.4 cm³/mol. The number of rotatable bonds is 3. The minimum absolute atomic E-state index is 0.0329. The molecule has 0 N–H and O–H groups in total. The molecule has 7 heteroatoms. The standard InChI is InChI=1S/C18H19N5O2/c1-22(17-19-9-4-10-20-17)16(24)13-7-11-23(12-8-13)18-21-14-5-2-3-6-15(14)25-18/h2-6,9-10,13H,7-8,11-12H2,1H3. The van der Waals surface area contributed by atoms with E-state index in [1.807, 2.05) is 24.3 Å². The lowest BCUT2D eigenvalue weighted by atomic mass is 9.96. The number of hydrogen-bond donors (Lipinski definition) is 0. The van der Waals surface area contributed by atoms with Crippen LogP contribution in [0.15, 0.2) is 47.1 Å². The van der Waals surface area contributed by atoms with Crippen LogP contribution in [0.1, 0.15) is 12.8 Å². The summed E-state index contributed by atoms with van der Waals surface area (Å²) in [6.45, 7) is 1.49. The number of amides is 1. The number of anilines is 2. The number of nitrogens with zero attached hydrogens (tertiary/aromatic N) is 5. The molecule has 0 unspecified atom stereocenters. The Balaban J connectivity index is 1.41. The maximum atomic E-state index is 12.7. The molecule has 0 spiro atoms. The van der Waals surface area contributed by atoms with Gasteiger partial charge >= 0.3 is 0 Å². The van der Waals surface area contributed by atoms with Gasteiger partial charge in [-0.25, -0.2) is 9.97 Å². The molecule has 1 saturated heterocycles. The molecular weight excluding hydrogens is 318 g/mol. The van der Waals surface area contributed by atoms with Crippen LogP contribution in [0.4, 0.5) is 12.0 Å². The summed E-state index contributed by atoms with van der Waals surface area (Å²) >= 11 is 0. The molecule has 1 aliphatic heterocycles. The number of carbonyl (C=O) groups is 1. The number of piperidine rings is 1. The van der Waals surface area contributed by atoms with Crippen molar-refractivity contribution in [1.29, 1.82) is 0 Å². The van der Waals surface area contributed by atoms with Gasteiger partial charge in [-0.15, -0.1) is 0 Å². The van der Waals surface area contributed by atoms with Gasteiger partial charge in [0.2, 0.25) is 11.9 Å². The topological polar surface area (TPSA) is 75.4 Å². The van der Waals surface area contributed by atoms with E-state index in [1.165, 1.54) is 0 Å². The Morgan fingerprint density at radius 2 is 1.88 bits per heavy atom. The van der Waals surface area contributed by atoms with E-state index in [1.54, 1.807) is 30.4 Å². The third-order valence-electron chi connectivity index (χ3n) is 4.58. The van der Waals surface area contributed by atoms with E-state index < -0.39 is 0 Å². The second-order valence-electron chi connectivity index (χ2n) is 6.17. The van der Waals surface area contributed by atoms with E-state index in [0.29, 0.717) is 12.0 Å². The SMILES string of the molecule is CN(C(=O)C1CCN(c2nc3ccccc3o2)CC1)c1ncccn1. The van der Waals surface area contributed by atoms with Crippen LogP contribution in [-0.2, 0) is 4.79 Å². The predicted octanol–water partition coefficient (Wildman–Crippen LogP) is 2.50. The van der Waals surface area contributed by atoms with Crippen molar-refractivity contribution in [3.05, 3.63) is 42.7 Å². The van der Waals surface area contributed by atoms with Crippen LogP contribution in [-0.4, -0.2) is 41.0 Å². The molecule has 7 nitrogen and oxygen atoms in total. The maximum absolute atomic E-state index is 12.7. The average molecular weight is 337 g/mol. The summed E-state index contributed by atoms with van der Waals surface area (Å²) in [7, 11) is 1.73. The molecule has 1 aromatic carbocycles. The lowest BCUT2D eigenvalue weighted by molar-refractivity contribution is -0.122. The van der Waals surface area contributed by atoms with Crippen LogP contribution >= 0.6 is 0 Å². The molecule has 3 heterocycles. The first-order chi connectivity index (χ1) is 12.2. The minimum atomic E-state index is -0.0329. The summed E-state index contributed by atoms with van der Waals surface area (Å²) < 4.78 is 5.82. The lowest BCUT2D eigenvalue weighted by Gasteiger charge is -2.31. The maximum Gasteiger partial charge on any atom is 0.298 e. The molecule has 0 bridgehead atoms. The highest BCUT2D eigenvalue weighted by Gasteiger charge is 2.30. The van der Waals surface area contributed by atoms with Crippen LogP contribution in [0.3, 0.4) is 0 Å². The zero-order chi connectivity index (χ0) is 17.2. The zero-order valence-electron chi connectivity index (χ0n) is 14.0. The highest BCUT2D eigenvalue weighted by Crippen LogP contribution is 2.27. The molecule has 25 heavy (non-hydrogen) atoms. The Morgan fingerprint density at radius 3 is 2.60 bits per heavy atom. The highest BCUT2D eigenvalue weighted by molar-refractivity contribution is 5.93. The molecule has 3 aromatic rings. The number of aromatic nitrogens is 3. The van der Waals surface area contributed by atoms with Gasteiger partial charge in [-0.2, -0.15) is 4.98 Å². The van der Waals surface area contributed by atoms with Crippen molar-refractivity contribution in [2.75, 3.05) is 29.9 Å². The van der Waals surface area contributed by atoms with Crippen LogP contribution in [0.25, 0.3) is 11.1 Å². The van der Waals surface area contributed by atoms with E-state index in [9.17, 15) is 4.79 Å². The van der Waals surface area contributed by atoms with Crippen LogP contribution in [0.2, 0.25) is 0 Å². The smallest absolute Gasteiger partial charge is 0.298 e. The Morgan fingerprint density at radius 1 is 1.16 bits per heavy atom. The van der Waals surface area contributed by atoms with Gasteiger partial charge in [-0.3, -0.25) is 9.69 Å². The van der Waals surface area contributed by atoms with Crippen molar-refractivity contribution in [3.63, 3.8) is 0 Å². The molecule has 2 aromatic heterocycles. The van der Waals surface area contributed by atoms with Gasteiger partial charge < -0.3 is 9.32 Å². The third-order valence-corrected chi connectivity index (χ3v) is 4.58. The first kappa shape index (κ1) is 15.6. The van der Waals surface area contributed by atoms with E-state index in [0.717, 1.165) is 37.0 Å². The van der Waals surface area contributed by atoms with E-state index in [2.05, 4.69) is 19.9 Å². The Kier molecular flexibility index (Phi) is 4.05. The summed E-state index contributed by atoms with van der Waals surface area (Å²) in [4.78, 5) is 29.1. The van der Waals surface area contributed by atoms with E-state index in [4.69, 9.17) is 4.42 Å². The van der Waals surface area contributed by atoms with Gasteiger partial charge in [0.1, 0.15) is 5.52 Å². The highest BCUT2D eigenvalue weighted by atomic mass is 16.4. The molecule has 0 saturated carbocycles. The molecule has 0 aliphatic carbocycles. The molecule has 0 radical (unpaired) electrons. The quantitative estimate of drug-likeness (QED) is 0.731. The van der Waals surface area contributed by atoms with Gasteiger partial charge in [0.25, 0.3) is 6.01 Å². The number of oxazole rings is 1. The van der Waals surface area contributed by atoms with E-state index in [-0.39, 0.29) is 11.8 Å². The normalized spacial score (nSPS) is 15.5. The Labute approximate surface area is 145 Å². The van der Waals surface area contributed by atoms with Crippen molar-refractivity contribution < 1.29 is 9.21 Å². The van der Waals surface area contributed by atoms with Gasteiger partial charge in [-0.05, 0) is 31.0 Å². The monoisotopic (exact) mass is 337 g/mol. The van der Waals surface area contributed by atoms with Gasteiger partial charge in [0, 0.05) is 38.4 Å². The number of para-hydroxylation sites is 2. The van der Waals surface area contributed by atoms with Gasteiger partial charge in [-0.1, -0.05) is 12.1 Å². The second-order valence-corrected chi connectivity index (χ2v) is 6.17. The van der Waals surface area contributed by atoms with Gasteiger partial charge in [0.05, 0.1) is 0 Å². The molecular formula is C18H19N5O2. The summed E-state index contributed by atoms with van der Waals surface area (Å²) in [6.07, 6.45) is 4.80. The molecule has 1 aliphatic rings. The molecule has 4 rings (SSSR count). The molecule has 1 fully saturated rings. The number of hydrogen-bond acceptors (Lipinski definition) is 6. The molecule has 128 valence electrons. The first-order valence-corrected chi connectivity index (χ1v) is 8.37. The van der Waals surface area contributed by atoms with E-state index >= 15 is 0 Å². The van der Waals surface area contributed by atoms with Crippen molar-refractivity contribution in [2.45, 2.75) is 12.8 Å². The third kappa shape index (κ3) is 3.05. The largest absolute Gasteiger partial charge is 0.423 e.